The maximum atomic E-state index is 13.3. The van der Waals surface area contributed by atoms with Crippen LogP contribution in [0.2, 0.25) is 0 Å². The van der Waals surface area contributed by atoms with Gasteiger partial charge in [-0.05, 0) is 48.6 Å². The van der Waals surface area contributed by atoms with Crippen LogP contribution in [0, 0.1) is 17.1 Å². The summed E-state index contributed by atoms with van der Waals surface area (Å²) in [6.07, 6.45) is 2.31. The van der Waals surface area contributed by atoms with Crippen LogP contribution in [-0.4, -0.2) is 45.7 Å². The Morgan fingerprint density at radius 3 is 2.88 bits per heavy atom. The molecule has 1 fully saturated rings. The van der Waals surface area contributed by atoms with Gasteiger partial charge in [0.1, 0.15) is 5.82 Å². The summed E-state index contributed by atoms with van der Waals surface area (Å²) in [5, 5.41) is 20.3. The Morgan fingerprint density at radius 2 is 2.19 bits per heavy atom. The van der Waals surface area contributed by atoms with Gasteiger partial charge in [-0.15, -0.1) is 21.5 Å². The lowest BCUT2D eigenvalue weighted by Gasteiger charge is -2.21. The molecule has 4 rings (SSSR count). The van der Waals surface area contributed by atoms with E-state index < -0.39 is 0 Å². The number of hydrogen-bond acceptors (Lipinski definition) is 7. The molecule has 1 aliphatic rings. The summed E-state index contributed by atoms with van der Waals surface area (Å²) in [5.74, 6) is 0.336. The van der Waals surface area contributed by atoms with Gasteiger partial charge in [-0.1, -0.05) is 17.8 Å². The van der Waals surface area contributed by atoms with Crippen LogP contribution in [0.1, 0.15) is 19.3 Å². The number of rotatable bonds is 9. The highest BCUT2D eigenvalue weighted by Crippen LogP contribution is 2.29. The number of thioether (sulfide) groups is 1. The predicted molar refractivity (Wildman–Crippen MR) is 122 cm³/mol. The van der Waals surface area contributed by atoms with Crippen molar-refractivity contribution in [1.82, 2.24) is 14.8 Å². The highest BCUT2D eigenvalue weighted by atomic mass is 32.2. The largest absolute Gasteiger partial charge is 0.376 e. The van der Waals surface area contributed by atoms with E-state index >= 15 is 0 Å². The third-order valence-corrected chi connectivity index (χ3v) is 6.90. The van der Waals surface area contributed by atoms with E-state index in [4.69, 9.17) is 10.00 Å². The molecule has 1 atom stereocenters. The normalized spacial score (nSPS) is 15.6. The number of amides is 1. The van der Waals surface area contributed by atoms with Crippen LogP contribution in [0.4, 0.5) is 10.1 Å². The van der Waals surface area contributed by atoms with Gasteiger partial charge in [0.15, 0.2) is 11.0 Å². The molecule has 0 radical (unpaired) electrons. The summed E-state index contributed by atoms with van der Waals surface area (Å²) in [4.78, 5) is 15.5. The predicted octanol–water partition coefficient (Wildman–Crippen LogP) is 4.36. The molecule has 3 aromatic rings. The number of nitrogens with zero attached hydrogens (tertiary/aromatic N) is 5. The summed E-state index contributed by atoms with van der Waals surface area (Å²) >= 11 is 2.89. The van der Waals surface area contributed by atoms with Gasteiger partial charge in [0, 0.05) is 18.8 Å². The molecule has 32 heavy (non-hydrogen) atoms. The molecule has 0 aliphatic carbocycles. The Bertz CT molecular complexity index is 1070. The summed E-state index contributed by atoms with van der Waals surface area (Å²) in [6, 6.07) is 11.7. The maximum Gasteiger partial charge on any atom is 0.237 e. The molecule has 1 aromatic carbocycles. The number of carbonyl (C=O) groups is 1. The van der Waals surface area contributed by atoms with E-state index in [0.717, 1.165) is 30.2 Å². The molecule has 166 valence electrons. The number of thiophene rings is 1. The van der Waals surface area contributed by atoms with E-state index in [1.54, 1.807) is 23.5 Å². The van der Waals surface area contributed by atoms with E-state index in [2.05, 4.69) is 16.3 Å². The third-order valence-electron chi connectivity index (χ3n) is 5.08. The summed E-state index contributed by atoms with van der Waals surface area (Å²) < 4.78 is 21.2. The lowest BCUT2D eigenvalue weighted by Crippen LogP contribution is -2.33. The van der Waals surface area contributed by atoms with E-state index in [1.807, 2.05) is 22.1 Å². The Hall–Kier alpha value is -2.74. The van der Waals surface area contributed by atoms with Crippen molar-refractivity contribution in [3.63, 3.8) is 0 Å². The number of aromatic nitrogens is 3. The van der Waals surface area contributed by atoms with Crippen LogP contribution in [-0.2, 0) is 16.1 Å². The molecular formula is C22H22FN5O2S2. The van der Waals surface area contributed by atoms with Crippen molar-refractivity contribution in [3.8, 4) is 16.8 Å². The minimum Gasteiger partial charge on any atom is -0.376 e. The summed E-state index contributed by atoms with van der Waals surface area (Å²) in [6.45, 7) is 1.63. The Morgan fingerprint density at radius 1 is 1.34 bits per heavy atom. The molecule has 1 saturated heterocycles. The fourth-order valence-corrected chi connectivity index (χ4v) is 5.07. The van der Waals surface area contributed by atoms with Gasteiger partial charge in [-0.2, -0.15) is 5.26 Å². The molecule has 0 spiro atoms. The van der Waals surface area contributed by atoms with Gasteiger partial charge < -0.3 is 9.64 Å². The van der Waals surface area contributed by atoms with Gasteiger partial charge >= 0.3 is 0 Å². The minimum atomic E-state index is -0.376. The molecule has 0 saturated carbocycles. The monoisotopic (exact) mass is 471 g/mol. The maximum absolute atomic E-state index is 13.3. The van der Waals surface area contributed by atoms with Gasteiger partial charge in [0.2, 0.25) is 5.91 Å². The van der Waals surface area contributed by atoms with Crippen molar-refractivity contribution in [1.29, 1.82) is 5.26 Å². The molecular weight excluding hydrogens is 449 g/mol. The van der Waals surface area contributed by atoms with Crippen LogP contribution < -0.4 is 4.90 Å². The molecule has 1 unspecified atom stereocenters. The number of benzene rings is 1. The van der Waals surface area contributed by atoms with Crippen molar-refractivity contribution in [2.24, 2.45) is 0 Å². The molecule has 10 heteroatoms. The van der Waals surface area contributed by atoms with Gasteiger partial charge in [-0.25, -0.2) is 4.39 Å². The van der Waals surface area contributed by atoms with Crippen molar-refractivity contribution in [2.75, 3.05) is 23.8 Å². The lowest BCUT2D eigenvalue weighted by molar-refractivity contribution is -0.116. The van der Waals surface area contributed by atoms with Crippen LogP contribution in [0.15, 0.2) is 46.9 Å². The van der Waals surface area contributed by atoms with Crippen LogP contribution >= 0.6 is 23.1 Å². The van der Waals surface area contributed by atoms with Gasteiger partial charge in [0.25, 0.3) is 0 Å². The second-order valence-corrected chi connectivity index (χ2v) is 9.14. The summed E-state index contributed by atoms with van der Waals surface area (Å²) in [7, 11) is 0. The molecule has 0 N–H and O–H groups in total. The Balaban J connectivity index is 1.51. The zero-order chi connectivity index (χ0) is 22.3. The average Bonchev–Trinajstić information content (AvgIpc) is 3.57. The first kappa shape index (κ1) is 22.5. The number of hydrogen-bond donors (Lipinski definition) is 0. The number of ether oxygens (including phenoxy) is 1. The number of anilines is 1. The molecule has 1 amide bonds. The average molecular weight is 472 g/mol. The molecule has 1 aliphatic heterocycles. The first-order valence-corrected chi connectivity index (χ1v) is 12.2. The van der Waals surface area contributed by atoms with Gasteiger partial charge in [-0.3, -0.25) is 9.36 Å². The standard InChI is InChI=1S/C22H22FN5O2S2/c23-16-6-8-17(9-7-16)27(11-3-10-24)20(29)15-32-22-26-25-21(19-5-2-13-31-19)28(22)14-18-4-1-12-30-18/h2,5-9,13,18H,1,3-4,11-12,14-15H2. The summed E-state index contributed by atoms with van der Waals surface area (Å²) in [5.41, 5.74) is 0.562. The van der Waals surface area contributed by atoms with Crippen LogP contribution in [0.25, 0.3) is 10.7 Å². The third kappa shape index (κ3) is 5.35. The van der Waals surface area contributed by atoms with E-state index in [-0.39, 0.29) is 36.5 Å². The zero-order valence-electron chi connectivity index (χ0n) is 17.3. The number of nitriles is 1. The second-order valence-electron chi connectivity index (χ2n) is 7.25. The Kier molecular flexibility index (Phi) is 7.52. The van der Waals surface area contributed by atoms with Crippen molar-refractivity contribution < 1.29 is 13.9 Å². The SMILES string of the molecule is N#CCCN(C(=O)CSc1nnc(-c2cccs2)n1CC1CCCO1)c1ccc(F)cc1. The van der Waals surface area contributed by atoms with Crippen molar-refractivity contribution in [3.05, 3.63) is 47.6 Å². The Labute approximate surface area is 193 Å². The fourth-order valence-electron chi connectivity index (χ4n) is 3.52. The topological polar surface area (TPSA) is 84.0 Å². The highest BCUT2D eigenvalue weighted by molar-refractivity contribution is 7.99. The smallest absolute Gasteiger partial charge is 0.237 e. The molecule has 0 bridgehead atoms. The van der Waals surface area contributed by atoms with E-state index in [9.17, 15) is 9.18 Å². The quantitative estimate of drug-likeness (QED) is 0.431. The molecule has 7 nitrogen and oxygen atoms in total. The number of halogens is 1. The highest BCUT2D eigenvalue weighted by Gasteiger charge is 2.23. The van der Waals surface area contributed by atoms with E-state index in [0.29, 0.717) is 17.4 Å². The van der Waals surface area contributed by atoms with Crippen molar-refractivity contribution >= 4 is 34.7 Å². The fraction of sp³-hybridized carbons (Fsp3) is 0.364. The van der Waals surface area contributed by atoms with Gasteiger partial charge in [0.05, 0.1) is 35.8 Å². The molecule has 3 heterocycles. The van der Waals surface area contributed by atoms with E-state index in [1.165, 1.54) is 28.8 Å². The van der Waals surface area contributed by atoms with Crippen molar-refractivity contribution in [2.45, 2.75) is 37.1 Å². The molecule has 2 aromatic heterocycles. The van der Waals surface area contributed by atoms with Crippen LogP contribution in [0.5, 0.6) is 0 Å². The minimum absolute atomic E-state index is 0.103. The first-order chi connectivity index (χ1) is 15.7. The second kappa shape index (κ2) is 10.7. The lowest BCUT2D eigenvalue weighted by atomic mass is 10.2. The first-order valence-electron chi connectivity index (χ1n) is 10.3. The van der Waals surface area contributed by atoms with Crippen LogP contribution in [0.3, 0.4) is 0 Å². The zero-order valence-corrected chi connectivity index (χ0v) is 18.9. The number of carbonyl (C=O) groups excluding carboxylic acids is 1.